The fourth-order valence-corrected chi connectivity index (χ4v) is 2.09. The summed E-state index contributed by atoms with van der Waals surface area (Å²) >= 11 is 0. The Labute approximate surface area is 141 Å². The number of nitrogens with one attached hydrogen (secondary N) is 2. The van der Waals surface area contributed by atoms with E-state index < -0.39 is 36.8 Å². The van der Waals surface area contributed by atoms with Crippen LogP contribution in [0.25, 0.3) is 0 Å². The van der Waals surface area contributed by atoms with Crippen LogP contribution in [0.3, 0.4) is 0 Å². The van der Waals surface area contributed by atoms with Crippen LogP contribution in [0, 0.1) is 0 Å². The summed E-state index contributed by atoms with van der Waals surface area (Å²) in [4.78, 5) is 12.0. The molecule has 0 fully saturated rings. The first-order valence-electron chi connectivity index (χ1n) is 7.88. The second-order valence-corrected chi connectivity index (χ2v) is 6.56. The largest absolute Gasteiger partial charge is 0.444 e. The molecule has 1 aromatic carbocycles. The highest BCUT2D eigenvalue weighted by molar-refractivity contribution is 5.68. The van der Waals surface area contributed by atoms with Gasteiger partial charge in [0.25, 0.3) is 6.43 Å². The van der Waals surface area contributed by atoms with E-state index in [0.717, 1.165) is 5.56 Å². The topological polar surface area (TPSA) is 70.6 Å². The molecule has 0 radical (unpaired) electrons. The number of benzene rings is 1. The van der Waals surface area contributed by atoms with E-state index in [1.807, 2.05) is 30.3 Å². The average molecular weight is 344 g/mol. The van der Waals surface area contributed by atoms with Gasteiger partial charge in [0.2, 0.25) is 0 Å². The van der Waals surface area contributed by atoms with Crippen molar-refractivity contribution in [3.63, 3.8) is 0 Å². The molecule has 0 aliphatic heterocycles. The summed E-state index contributed by atoms with van der Waals surface area (Å²) in [6.07, 6.45) is -3.83. The lowest BCUT2D eigenvalue weighted by Gasteiger charge is -2.27. The minimum absolute atomic E-state index is 0.0579. The van der Waals surface area contributed by atoms with Crippen LogP contribution in [0.5, 0.6) is 0 Å². The van der Waals surface area contributed by atoms with Gasteiger partial charge in [-0.15, -0.1) is 0 Å². The zero-order chi connectivity index (χ0) is 18.2. The number of carbonyl (C=O) groups is 1. The number of carbonyl (C=O) groups excluding carboxylic acids is 1. The molecule has 1 rings (SSSR count). The molecule has 0 aliphatic carbocycles. The van der Waals surface area contributed by atoms with Crippen molar-refractivity contribution in [3.8, 4) is 0 Å². The van der Waals surface area contributed by atoms with Crippen molar-refractivity contribution in [3.05, 3.63) is 35.9 Å². The second kappa shape index (κ2) is 9.54. The highest BCUT2D eigenvalue weighted by Gasteiger charge is 2.25. The predicted octanol–water partition coefficient (Wildman–Crippen LogP) is 2.34. The van der Waals surface area contributed by atoms with Crippen molar-refractivity contribution in [2.45, 2.75) is 51.4 Å². The lowest BCUT2D eigenvalue weighted by molar-refractivity contribution is 0.0416. The zero-order valence-electron chi connectivity index (χ0n) is 14.3. The number of halogens is 2. The Morgan fingerprint density at radius 3 is 2.38 bits per heavy atom. The third-order valence-electron chi connectivity index (χ3n) is 3.12. The van der Waals surface area contributed by atoms with E-state index in [9.17, 15) is 18.7 Å². The van der Waals surface area contributed by atoms with Crippen LogP contribution in [0.15, 0.2) is 30.3 Å². The molecular weight excluding hydrogens is 318 g/mol. The molecule has 0 aliphatic rings. The summed E-state index contributed by atoms with van der Waals surface area (Å²) in [5.41, 5.74) is 0.242. The number of hydrogen-bond acceptors (Lipinski definition) is 4. The van der Waals surface area contributed by atoms with E-state index in [0.29, 0.717) is 6.42 Å². The van der Waals surface area contributed by atoms with Crippen LogP contribution in [0.2, 0.25) is 0 Å². The minimum atomic E-state index is -2.50. The predicted molar refractivity (Wildman–Crippen MR) is 88.2 cm³/mol. The number of amides is 1. The molecule has 2 atom stereocenters. The Hall–Kier alpha value is -1.73. The molecule has 136 valence electrons. The van der Waals surface area contributed by atoms with E-state index in [1.54, 1.807) is 20.8 Å². The number of alkyl carbamates (subject to hydrolysis) is 1. The molecule has 5 nitrogen and oxygen atoms in total. The van der Waals surface area contributed by atoms with Crippen LogP contribution < -0.4 is 10.6 Å². The molecule has 0 saturated carbocycles. The van der Waals surface area contributed by atoms with Gasteiger partial charge in [-0.25, -0.2) is 13.6 Å². The van der Waals surface area contributed by atoms with Gasteiger partial charge in [0.15, 0.2) is 0 Å². The molecule has 1 amide bonds. The quantitative estimate of drug-likeness (QED) is 0.677. The molecule has 0 bridgehead atoms. The highest BCUT2D eigenvalue weighted by Crippen LogP contribution is 2.10. The SMILES string of the molecule is CC(C)(C)OC(=O)N[C@@H](Cc1ccccc1)[C@H](O)CNCC(F)F. The van der Waals surface area contributed by atoms with Crippen molar-refractivity contribution in [1.29, 1.82) is 0 Å². The minimum Gasteiger partial charge on any atom is -0.444 e. The van der Waals surface area contributed by atoms with Gasteiger partial charge in [-0.05, 0) is 32.8 Å². The van der Waals surface area contributed by atoms with Gasteiger partial charge in [-0.3, -0.25) is 0 Å². The number of aliphatic hydroxyl groups is 1. The van der Waals surface area contributed by atoms with E-state index in [2.05, 4.69) is 10.6 Å². The summed E-state index contributed by atoms with van der Waals surface area (Å²) in [5.74, 6) is 0. The van der Waals surface area contributed by atoms with Gasteiger partial charge in [0.05, 0.1) is 18.7 Å². The molecule has 1 aromatic rings. The Morgan fingerprint density at radius 2 is 1.83 bits per heavy atom. The Balaban J connectivity index is 2.69. The maximum absolute atomic E-state index is 12.2. The number of ether oxygens (including phenoxy) is 1. The first kappa shape index (κ1) is 20.3. The van der Waals surface area contributed by atoms with Crippen molar-refractivity contribution in [2.75, 3.05) is 13.1 Å². The highest BCUT2D eigenvalue weighted by atomic mass is 19.3. The lowest BCUT2D eigenvalue weighted by Crippen LogP contribution is -2.50. The summed E-state index contributed by atoms with van der Waals surface area (Å²) < 4.78 is 29.6. The second-order valence-electron chi connectivity index (χ2n) is 6.56. The maximum atomic E-state index is 12.2. The standard InChI is InChI=1S/C17H26F2N2O3/c1-17(2,3)24-16(23)21-13(9-12-7-5-4-6-8-12)14(22)10-20-11-15(18)19/h4-8,13-15,20,22H,9-11H2,1-3H3,(H,21,23)/t13-,14+/m0/s1. The number of alkyl halides is 2. The summed E-state index contributed by atoms with van der Waals surface area (Å²) in [6.45, 7) is 4.64. The third-order valence-corrected chi connectivity index (χ3v) is 3.12. The van der Waals surface area contributed by atoms with E-state index in [1.165, 1.54) is 0 Å². The van der Waals surface area contributed by atoms with Crippen LogP contribution in [0.1, 0.15) is 26.3 Å². The van der Waals surface area contributed by atoms with E-state index in [-0.39, 0.29) is 6.54 Å². The van der Waals surface area contributed by atoms with E-state index >= 15 is 0 Å². The van der Waals surface area contributed by atoms with Gasteiger partial charge >= 0.3 is 6.09 Å². The molecule has 0 aromatic heterocycles. The van der Waals surface area contributed by atoms with Gasteiger partial charge in [-0.2, -0.15) is 0 Å². The molecular formula is C17H26F2N2O3. The van der Waals surface area contributed by atoms with Gasteiger partial charge in [0.1, 0.15) is 5.60 Å². The summed E-state index contributed by atoms with van der Waals surface area (Å²) in [5, 5.41) is 15.4. The van der Waals surface area contributed by atoms with Crippen molar-refractivity contribution in [2.24, 2.45) is 0 Å². The van der Waals surface area contributed by atoms with Gasteiger partial charge < -0.3 is 20.5 Å². The summed E-state index contributed by atoms with van der Waals surface area (Å²) in [6, 6.07) is 8.63. The van der Waals surface area contributed by atoms with Crippen molar-refractivity contribution >= 4 is 6.09 Å². The van der Waals surface area contributed by atoms with Gasteiger partial charge in [-0.1, -0.05) is 30.3 Å². The van der Waals surface area contributed by atoms with Crippen LogP contribution >= 0.6 is 0 Å². The fraction of sp³-hybridized carbons (Fsp3) is 0.588. The molecule has 0 spiro atoms. The van der Waals surface area contributed by atoms with E-state index in [4.69, 9.17) is 4.74 Å². The third kappa shape index (κ3) is 8.79. The number of aliphatic hydroxyl groups excluding tert-OH is 1. The number of rotatable bonds is 8. The molecule has 0 saturated heterocycles. The molecule has 24 heavy (non-hydrogen) atoms. The summed E-state index contributed by atoms with van der Waals surface area (Å²) in [7, 11) is 0. The number of hydrogen-bond donors (Lipinski definition) is 3. The fourth-order valence-electron chi connectivity index (χ4n) is 2.09. The molecule has 0 unspecified atom stereocenters. The molecule has 3 N–H and O–H groups in total. The first-order valence-corrected chi connectivity index (χ1v) is 7.88. The van der Waals surface area contributed by atoms with Crippen molar-refractivity contribution < 1.29 is 23.4 Å². The van der Waals surface area contributed by atoms with Crippen LogP contribution in [-0.2, 0) is 11.2 Å². The Kier molecular flexibility index (Phi) is 8.07. The average Bonchev–Trinajstić information content (AvgIpc) is 2.45. The van der Waals surface area contributed by atoms with Crippen LogP contribution in [-0.4, -0.2) is 48.5 Å². The first-order chi connectivity index (χ1) is 11.2. The van der Waals surface area contributed by atoms with Crippen molar-refractivity contribution in [1.82, 2.24) is 10.6 Å². The normalized spacial score (nSPS) is 14.3. The zero-order valence-corrected chi connectivity index (χ0v) is 14.3. The van der Waals surface area contributed by atoms with Crippen LogP contribution in [0.4, 0.5) is 13.6 Å². The lowest BCUT2D eigenvalue weighted by atomic mass is 10.0. The molecule has 0 heterocycles. The Bertz CT molecular complexity index is 492. The van der Waals surface area contributed by atoms with Gasteiger partial charge in [0, 0.05) is 6.54 Å². The maximum Gasteiger partial charge on any atom is 0.407 e. The monoisotopic (exact) mass is 344 g/mol. The smallest absolute Gasteiger partial charge is 0.407 e. The Morgan fingerprint density at radius 1 is 1.21 bits per heavy atom. The molecule has 7 heteroatoms.